The Morgan fingerprint density at radius 3 is 2.88 bits per heavy atom. The van der Waals surface area contributed by atoms with Crippen molar-refractivity contribution in [3.63, 3.8) is 0 Å². The number of amides is 1. The molecule has 0 aliphatic carbocycles. The van der Waals surface area contributed by atoms with E-state index in [2.05, 4.69) is 5.32 Å². The average molecular weight is 245 g/mol. The molecular weight excluding hydrogens is 226 g/mol. The SMILES string of the molecule is O=C(NCC1(O)CCOCC1)C1CCCS1. The van der Waals surface area contributed by atoms with Crippen LogP contribution in [-0.2, 0) is 9.53 Å². The Bertz CT molecular complexity index is 248. The van der Waals surface area contributed by atoms with Crippen LogP contribution in [0.4, 0.5) is 0 Å². The molecule has 0 aromatic rings. The number of nitrogens with one attached hydrogen (secondary N) is 1. The molecule has 2 rings (SSSR count). The molecule has 0 bridgehead atoms. The molecule has 92 valence electrons. The van der Waals surface area contributed by atoms with Crippen LogP contribution in [-0.4, -0.2) is 47.4 Å². The summed E-state index contributed by atoms with van der Waals surface area (Å²) in [4.78, 5) is 11.8. The van der Waals surface area contributed by atoms with Gasteiger partial charge in [-0.25, -0.2) is 0 Å². The standard InChI is InChI=1S/C11H19NO3S/c13-10(9-2-1-7-16-9)12-8-11(14)3-5-15-6-4-11/h9,14H,1-8H2,(H,12,13). The quantitative estimate of drug-likeness (QED) is 0.762. The van der Waals surface area contributed by atoms with Crippen molar-refractivity contribution >= 4 is 17.7 Å². The van der Waals surface area contributed by atoms with E-state index in [1.165, 1.54) is 0 Å². The molecular formula is C11H19NO3S. The summed E-state index contributed by atoms with van der Waals surface area (Å²) in [5, 5.41) is 13.1. The second-order valence-corrected chi connectivity index (χ2v) is 5.87. The third kappa shape index (κ3) is 3.12. The Kier molecular flexibility index (Phi) is 4.10. The van der Waals surface area contributed by atoms with Crippen LogP contribution in [0.1, 0.15) is 25.7 Å². The number of thioether (sulfide) groups is 1. The highest BCUT2D eigenvalue weighted by molar-refractivity contribution is 8.00. The summed E-state index contributed by atoms with van der Waals surface area (Å²) in [6, 6.07) is 0. The van der Waals surface area contributed by atoms with Crippen molar-refractivity contribution in [1.29, 1.82) is 0 Å². The van der Waals surface area contributed by atoms with Crippen LogP contribution in [0.2, 0.25) is 0 Å². The van der Waals surface area contributed by atoms with Crippen molar-refractivity contribution < 1.29 is 14.6 Å². The first-order valence-corrected chi connectivity index (χ1v) is 6.94. The predicted molar refractivity (Wildman–Crippen MR) is 63.5 cm³/mol. The Balaban J connectivity index is 1.75. The third-order valence-corrected chi connectivity index (χ3v) is 4.61. The first kappa shape index (κ1) is 12.2. The summed E-state index contributed by atoms with van der Waals surface area (Å²) in [5.41, 5.74) is -0.753. The monoisotopic (exact) mass is 245 g/mol. The largest absolute Gasteiger partial charge is 0.388 e. The van der Waals surface area contributed by atoms with Crippen LogP contribution in [0, 0.1) is 0 Å². The van der Waals surface area contributed by atoms with Crippen LogP contribution in [0.25, 0.3) is 0 Å². The van der Waals surface area contributed by atoms with Gasteiger partial charge in [-0.05, 0) is 18.6 Å². The lowest BCUT2D eigenvalue weighted by atomic mass is 9.94. The van der Waals surface area contributed by atoms with E-state index < -0.39 is 5.60 Å². The van der Waals surface area contributed by atoms with E-state index in [4.69, 9.17) is 4.74 Å². The summed E-state index contributed by atoms with van der Waals surface area (Å²) in [7, 11) is 0. The summed E-state index contributed by atoms with van der Waals surface area (Å²) in [5.74, 6) is 1.17. The molecule has 0 radical (unpaired) electrons. The van der Waals surface area contributed by atoms with Crippen molar-refractivity contribution in [3.05, 3.63) is 0 Å². The molecule has 1 amide bonds. The van der Waals surface area contributed by atoms with Gasteiger partial charge in [-0.2, -0.15) is 0 Å². The van der Waals surface area contributed by atoms with Gasteiger partial charge in [-0.15, -0.1) is 11.8 Å². The van der Waals surface area contributed by atoms with Gasteiger partial charge in [0.2, 0.25) is 5.91 Å². The van der Waals surface area contributed by atoms with Crippen molar-refractivity contribution in [2.75, 3.05) is 25.5 Å². The van der Waals surface area contributed by atoms with Gasteiger partial charge < -0.3 is 15.2 Å². The molecule has 4 nitrogen and oxygen atoms in total. The maximum atomic E-state index is 11.8. The fraction of sp³-hybridized carbons (Fsp3) is 0.909. The van der Waals surface area contributed by atoms with Crippen molar-refractivity contribution in [1.82, 2.24) is 5.32 Å². The maximum Gasteiger partial charge on any atom is 0.233 e. The minimum Gasteiger partial charge on any atom is -0.388 e. The van der Waals surface area contributed by atoms with E-state index in [1.807, 2.05) is 0 Å². The number of carbonyl (C=O) groups excluding carboxylic acids is 1. The average Bonchev–Trinajstić information content (AvgIpc) is 2.80. The summed E-state index contributed by atoms with van der Waals surface area (Å²) < 4.78 is 5.19. The number of carbonyl (C=O) groups is 1. The third-order valence-electron chi connectivity index (χ3n) is 3.24. The Labute approximate surface area is 100 Å². The Morgan fingerprint density at radius 1 is 1.50 bits per heavy atom. The highest BCUT2D eigenvalue weighted by atomic mass is 32.2. The number of hydrogen-bond donors (Lipinski definition) is 2. The second kappa shape index (κ2) is 5.38. The summed E-state index contributed by atoms with van der Waals surface area (Å²) in [6.45, 7) is 1.54. The molecule has 2 fully saturated rings. The van der Waals surface area contributed by atoms with Gasteiger partial charge in [0.1, 0.15) is 0 Å². The van der Waals surface area contributed by atoms with Crippen molar-refractivity contribution in [2.45, 2.75) is 36.5 Å². The van der Waals surface area contributed by atoms with Crippen LogP contribution < -0.4 is 5.32 Å². The number of ether oxygens (including phenoxy) is 1. The molecule has 0 saturated carbocycles. The zero-order chi connectivity index (χ0) is 11.4. The molecule has 1 atom stereocenters. The minimum absolute atomic E-state index is 0.0856. The van der Waals surface area contributed by atoms with E-state index in [0.29, 0.717) is 32.6 Å². The minimum atomic E-state index is -0.753. The van der Waals surface area contributed by atoms with Gasteiger partial charge in [0, 0.05) is 32.6 Å². The number of aliphatic hydroxyl groups is 1. The van der Waals surface area contributed by atoms with Crippen molar-refractivity contribution in [3.8, 4) is 0 Å². The molecule has 16 heavy (non-hydrogen) atoms. The molecule has 0 aromatic heterocycles. The topological polar surface area (TPSA) is 58.6 Å². The van der Waals surface area contributed by atoms with Crippen LogP contribution in [0.3, 0.4) is 0 Å². The summed E-state index contributed by atoms with van der Waals surface area (Å²) >= 11 is 1.72. The lowest BCUT2D eigenvalue weighted by molar-refractivity contribution is -0.123. The van der Waals surface area contributed by atoms with Gasteiger partial charge in [0.15, 0.2) is 0 Å². The molecule has 2 saturated heterocycles. The molecule has 2 N–H and O–H groups in total. The van der Waals surface area contributed by atoms with Gasteiger partial charge in [0.05, 0.1) is 10.9 Å². The van der Waals surface area contributed by atoms with Gasteiger partial charge in [0.25, 0.3) is 0 Å². The fourth-order valence-electron chi connectivity index (χ4n) is 2.08. The highest BCUT2D eigenvalue weighted by Gasteiger charge is 2.31. The smallest absolute Gasteiger partial charge is 0.233 e. The normalized spacial score (nSPS) is 28.9. The van der Waals surface area contributed by atoms with Gasteiger partial charge in [-0.3, -0.25) is 4.79 Å². The molecule has 1 unspecified atom stereocenters. The number of hydrogen-bond acceptors (Lipinski definition) is 4. The zero-order valence-corrected chi connectivity index (χ0v) is 10.2. The summed E-state index contributed by atoms with van der Waals surface area (Å²) in [6.07, 6.45) is 3.33. The Hall–Kier alpha value is -0.260. The molecule has 0 aromatic carbocycles. The maximum absolute atomic E-state index is 11.8. The highest BCUT2D eigenvalue weighted by Crippen LogP contribution is 2.26. The molecule has 2 heterocycles. The van der Waals surface area contributed by atoms with E-state index in [0.717, 1.165) is 18.6 Å². The molecule has 2 aliphatic heterocycles. The molecule has 0 spiro atoms. The Morgan fingerprint density at radius 2 is 2.25 bits per heavy atom. The van der Waals surface area contributed by atoms with E-state index in [-0.39, 0.29) is 11.2 Å². The van der Waals surface area contributed by atoms with E-state index in [1.54, 1.807) is 11.8 Å². The van der Waals surface area contributed by atoms with Crippen LogP contribution >= 0.6 is 11.8 Å². The van der Waals surface area contributed by atoms with E-state index in [9.17, 15) is 9.90 Å². The lowest BCUT2D eigenvalue weighted by Gasteiger charge is -2.32. The van der Waals surface area contributed by atoms with E-state index >= 15 is 0 Å². The zero-order valence-electron chi connectivity index (χ0n) is 9.41. The lowest BCUT2D eigenvalue weighted by Crippen LogP contribution is -2.48. The van der Waals surface area contributed by atoms with Crippen LogP contribution in [0.5, 0.6) is 0 Å². The van der Waals surface area contributed by atoms with Crippen molar-refractivity contribution in [2.24, 2.45) is 0 Å². The fourth-order valence-corrected chi connectivity index (χ4v) is 3.26. The molecule has 5 heteroatoms. The van der Waals surface area contributed by atoms with Gasteiger partial charge in [-0.1, -0.05) is 0 Å². The first-order valence-electron chi connectivity index (χ1n) is 5.89. The first-order chi connectivity index (χ1) is 7.70. The predicted octanol–water partition coefficient (Wildman–Crippen LogP) is 0.540. The van der Waals surface area contributed by atoms with Gasteiger partial charge >= 0.3 is 0 Å². The van der Waals surface area contributed by atoms with Crippen LogP contribution in [0.15, 0.2) is 0 Å². The second-order valence-electron chi connectivity index (χ2n) is 4.56. The molecule has 2 aliphatic rings. The number of rotatable bonds is 3.